The Morgan fingerprint density at radius 3 is 1.73 bits per heavy atom. The maximum absolute atomic E-state index is 2.52. The lowest BCUT2D eigenvalue weighted by atomic mass is 9.70. The number of hydrogen-bond donors (Lipinski definition) is 0. The lowest BCUT2D eigenvalue weighted by Crippen LogP contribution is -2.34. The Morgan fingerprint density at radius 2 is 1.20 bits per heavy atom. The molecule has 6 rings (SSSR count). The molecule has 0 bridgehead atoms. The number of hydrogen-bond acceptors (Lipinski definition) is 0. The van der Waals surface area contributed by atoms with Crippen LogP contribution in [0.2, 0.25) is 0 Å². The molecule has 0 heteroatoms. The molecule has 0 aliphatic heterocycles. The molecule has 0 amide bonds. The summed E-state index contributed by atoms with van der Waals surface area (Å²) in [7, 11) is 0. The van der Waals surface area contributed by atoms with Gasteiger partial charge in [-0.25, -0.2) is 0 Å². The Kier molecular flexibility index (Phi) is 7.28. The number of allylic oxidation sites excluding steroid dienone is 4. The molecule has 4 aromatic rings. The molecule has 1 unspecified atom stereocenters. The molecule has 0 nitrogen and oxygen atoms in total. The second-order valence-corrected chi connectivity index (χ2v) is 16.0. The molecule has 0 saturated heterocycles. The first kappa shape index (κ1) is 30.1. The summed E-state index contributed by atoms with van der Waals surface area (Å²) in [5.74, 6) is 0.335. The van der Waals surface area contributed by atoms with E-state index in [1.807, 2.05) is 0 Å². The zero-order valence-electron chi connectivity index (χ0n) is 28.4. The van der Waals surface area contributed by atoms with E-state index in [-0.39, 0.29) is 16.2 Å². The molecular weight excluding hydrogens is 528 g/mol. The molecule has 1 atom stereocenters. The third-order valence-corrected chi connectivity index (χ3v) is 9.39. The third-order valence-electron chi connectivity index (χ3n) is 9.39. The summed E-state index contributed by atoms with van der Waals surface area (Å²) >= 11 is 0. The van der Waals surface area contributed by atoms with Crippen molar-refractivity contribution in [3.63, 3.8) is 0 Å². The van der Waals surface area contributed by atoms with Gasteiger partial charge in [0.25, 0.3) is 0 Å². The van der Waals surface area contributed by atoms with Crippen LogP contribution < -0.4 is 10.4 Å². The fourth-order valence-electron chi connectivity index (χ4n) is 7.26. The summed E-state index contributed by atoms with van der Waals surface area (Å²) < 4.78 is 0. The molecule has 0 fully saturated rings. The highest BCUT2D eigenvalue weighted by molar-refractivity contribution is 5.92. The number of fused-ring (bicyclic) bond motifs is 3. The monoisotopic (exact) mass is 576 g/mol. The Hall–Kier alpha value is -3.90. The molecule has 0 saturated carbocycles. The van der Waals surface area contributed by atoms with E-state index in [9.17, 15) is 0 Å². The van der Waals surface area contributed by atoms with E-state index >= 15 is 0 Å². The first-order chi connectivity index (χ1) is 20.6. The van der Waals surface area contributed by atoms with Gasteiger partial charge in [0.05, 0.1) is 0 Å². The van der Waals surface area contributed by atoms with Crippen LogP contribution in [0.25, 0.3) is 28.3 Å². The maximum atomic E-state index is 2.52. The fraction of sp³-hybridized carbons (Fsp3) is 0.318. The highest BCUT2D eigenvalue weighted by Gasteiger charge is 2.35. The summed E-state index contributed by atoms with van der Waals surface area (Å²) in [6, 6.07) is 31.7. The average Bonchev–Trinajstić information content (AvgIpc) is 3.53. The zero-order valence-corrected chi connectivity index (χ0v) is 28.4. The Labute approximate surface area is 265 Å². The minimum atomic E-state index is -0.104. The minimum absolute atomic E-state index is 0.0934. The van der Waals surface area contributed by atoms with Crippen molar-refractivity contribution in [1.29, 1.82) is 0 Å². The van der Waals surface area contributed by atoms with Crippen LogP contribution in [0.4, 0.5) is 0 Å². The van der Waals surface area contributed by atoms with Gasteiger partial charge < -0.3 is 0 Å². The topological polar surface area (TPSA) is 0 Å². The van der Waals surface area contributed by atoms with E-state index in [0.29, 0.717) is 5.92 Å². The first-order valence-electron chi connectivity index (χ1n) is 16.2. The van der Waals surface area contributed by atoms with Crippen molar-refractivity contribution >= 4 is 17.2 Å². The lowest BCUT2D eigenvalue weighted by Gasteiger charge is -2.33. The first-order valence-corrected chi connectivity index (χ1v) is 16.2. The van der Waals surface area contributed by atoms with Crippen molar-refractivity contribution < 1.29 is 0 Å². The Balaban J connectivity index is 1.85. The normalized spacial score (nSPS) is 16.2. The Bertz CT molecular complexity index is 1880. The van der Waals surface area contributed by atoms with Crippen molar-refractivity contribution in [3.8, 4) is 11.1 Å². The second-order valence-electron chi connectivity index (χ2n) is 16.0. The van der Waals surface area contributed by atoms with Crippen LogP contribution in [0.15, 0.2) is 103 Å². The van der Waals surface area contributed by atoms with Crippen molar-refractivity contribution in [1.82, 2.24) is 0 Å². The molecule has 44 heavy (non-hydrogen) atoms. The summed E-state index contributed by atoms with van der Waals surface area (Å²) in [6.07, 6.45) is 7.47. The molecule has 0 radical (unpaired) electrons. The van der Waals surface area contributed by atoms with Crippen molar-refractivity contribution in [2.75, 3.05) is 0 Å². The number of benzene rings is 4. The molecule has 0 spiro atoms. The lowest BCUT2D eigenvalue weighted by molar-refractivity contribution is 0.354. The summed E-state index contributed by atoms with van der Waals surface area (Å²) in [5.41, 5.74) is 15.0. The van der Waals surface area contributed by atoms with Gasteiger partial charge in [-0.3, -0.25) is 0 Å². The zero-order chi connectivity index (χ0) is 31.6. The third kappa shape index (κ3) is 5.34. The molecule has 0 N–H and O–H groups in total. The molecular formula is C44H48. The smallest absolute Gasteiger partial charge is 0.00786 e. The van der Waals surface area contributed by atoms with Crippen LogP contribution in [0.5, 0.6) is 0 Å². The predicted molar refractivity (Wildman–Crippen MR) is 191 cm³/mol. The minimum Gasteiger partial charge on any atom is -0.0735 e. The van der Waals surface area contributed by atoms with Crippen LogP contribution in [0.3, 0.4) is 0 Å². The Morgan fingerprint density at radius 1 is 0.614 bits per heavy atom. The van der Waals surface area contributed by atoms with E-state index in [2.05, 4.69) is 172 Å². The van der Waals surface area contributed by atoms with Gasteiger partial charge in [-0.05, 0) is 101 Å². The van der Waals surface area contributed by atoms with Gasteiger partial charge >= 0.3 is 0 Å². The van der Waals surface area contributed by atoms with Gasteiger partial charge in [-0.15, -0.1) is 0 Å². The van der Waals surface area contributed by atoms with Crippen molar-refractivity contribution in [3.05, 3.63) is 146 Å². The number of rotatable bonds is 3. The molecule has 2 aliphatic carbocycles. The molecule has 2 aliphatic rings. The average molecular weight is 577 g/mol. The molecule has 4 aromatic carbocycles. The van der Waals surface area contributed by atoms with Crippen molar-refractivity contribution in [2.24, 2.45) is 11.3 Å². The van der Waals surface area contributed by atoms with E-state index in [0.717, 1.165) is 0 Å². The predicted octanol–water partition coefficient (Wildman–Crippen LogP) is 10.3. The van der Waals surface area contributed by atoms with Crippen molar-refractivity contribution in [2.45, 2.75) is 80.1 Å². The highest BCUT2D eigenvalue weighted by atomic mass is 14.4. The SMILES string of the molecule is CC1=CC(C(C)(C)C)C(c2c(C(C)(C)C)c(=C(c3ccccc3)c3ccccc3)cc3c2=Cc2cc(C(C)(C)C)ccc2-3)=C1. The van der Waals surface area contributed by atoms with E-state index in [1.54, 1.807) is 0 Å². The van der Waals surface area contributed by atoms with Gasteiger partial charge in [0.2, 0.25) is 0 Å². The standard InChI is InChI=1S/C44H48/c1-28-23-36(38(24-28)43(5,6)7)40-35-26-31-25-32(42(2,3)4)21-22-33(31)34(35)27-37(41(40)44(8,9)10)39(29-17-13-11-14-18-29)30-19-15-12-16-20-30/h11-27,38H,1-10H3. The maximum Gasteiger partial charge on any atom is 0.00786 e. The van der Waals surface area contributed by atoms with E-state index < -0.39 is 0 Å². The quantitative estimate of drug-likeness (QED) is 0.200. The van der Waals surface area contributed by atoms with Crippen LogP contribution in [-0.4, -0.2) is 0 Å². The van der Waals surface area contributed by atoms with Gasteiger partial charge in [0.1, 0.15) is 0 Å². The summed E-state index contributed by atoms with van der Waals surface area (Å²) in [5, 5.41) is 2.71. The summed E-state index contributed by atoms with van der Waals surface area (Å²) in [6.45, 7) is 23.6. The van der Waals surface area contributed by atoms with Gasteiger partial charge in [0.15, 0.2) is 0 Å². The molecule has 224 valence electrons. The van der Waals surface area contributed by atoms with Crippen LogP contribution in [0.1, 0.15) is 103 Å². The van der Waals surface area contributed by atoms with E-state index in [4.69, 9.17) is 0 Å². The van der Waals surface area contributed by atoms with Gasteiger partial charge in [0, 0.05) is 5.92 Å². The second kappa shape index (κ2) is 10.6. The van der Waals surface area contributed by atoms with Crippen LogP contribution in [-0.2, 0) is 10.8 Å². The van der Waals surface area contributed by atoms with Crippen LogP contribution in [0, 0.1) is 11.3 Å². The van der Waals surface area contributed by atoms with Crippen LogP contribution >= 0.6 is 0 Å². The van der Waals surface area contributed by atoms with Gasteiger partial charge in [-0.2, -0.15) is 0 Å². The molecule has 0 heterocycles. The summed E-state index contributed by atoms with van der Waals surface area (Å²) in [4.78, 5) is 0. The van der Waals surface area contributed by atoms with E-state index in [1.165, 1.54) is 71.7 Å². The largest absolute Gasteiger partial charge is 0.0735 e. The molecule has 0 aromatic heterocycles. The highest BCUT2D eigenvalue weighted by Crippen LogP contribution is 2.46. The van der Waals surface area contributed by atoms with Gasteiger partial charge in [-0.1, -0.05) is 159 Å². The fourth-order valence-corrected chi connectivity index (χ4v) is 7.26.